The molecule has 166 valence electrons. The third-order valence-corrected chi connectivity index (χ3v) is 5.92. The Kier molecular flexibility index (Phi) is 5.38. The lowest BCUT2D eigenvalue weighted by molar-refractivity contribution is 0.407. The van der Waals surface area contributed by atoms with Crippen molar-refractivity contribution in [2.24, 2.45) is 0 Å². The normalized spacial score (nSPS) is 11.1. The Morgan fingerprint density at radius 3 is 1.16 bits per heavy atom. The van der Waals surface area contributed by atoms with Crippen LogP contribution in [0.15, 0.2) is 36.4 Å². The maximum atomic E-state index is 11.5. The fourth-order valence-electron chi connectivity index (χ4n) is 4.46. The Labute approximate surface area is 186 Å². The highest BCUT2D eigenvalue weighted by atomic mass is 16.5. The molecule has 0 bridgehead atoms. The summed E-state index contributed by atoms with van der Waals surface area (Å²) >= 11 is 0. The average Bonchev–Trinajstić information content (AvgIpc) is 2.79. The molecular weight excluding hydrogens is 408 g/mol. The molecule has 2 N–H and O–H groups in total. The molecule has 0 atom stereocenters. The van der Waals surface area contributed by atoms with Crippen molar-refractivity contribution >= 4 is 21.5 Å². The molecule has 6 nitrogen and oxygen atoms in total. The number of benzene rings is 4. The molecule has 4 aromatic rings. The summed E-state index contributed by atoms with van der Waals surface area (Å²) in [7, 11) is 6.27. The third-order valence-electron chi connectivity index (χ3n) is 5.92. The van der Waals surface area contributed by atoms with Crippen LogP contribution in [0.2, 0.25) is 0 Å². The van der Waals surface area contributed by atoms with Crippen molar-refractivity contribution in [3.05, 3.63) is 47.5 Å². The van der Waals surface area contributed by atoms with Crippen LogP contribution in [0.5, 0.6) is 34.5 Å². The average molecular weight is 434 g/mol. The Bertz CT molecular complexity index is 1250. The number of rotatable bonds is 5. The van der Waals surface area contributed by atoms with Gasteiger partial charge in [-0.2, -0.15) is 0 Å². The maximum absolute atomic E-state index is 11.5. The first-order valence-corrected chi connectivity index (χ1v) is 10.1. The van der Waals surface area contributed by atoms with E-state index < -0.39 is 0 Å². The zero-order chi connectivity index (χ0) is 23.2. The number of phenols is 2. The highest BCUT2D eigenvalue weighted by Crippen LogP contribution is 2.52. The second-order valence-electron chi connectivity index (χ2n) is 7.62. The minimum atomic E-state index is 0.00960. The van der Waals surface area contributed by atoms with Crippen LogP contribution in [0.4, 0.5) is 0 Å². The van der Waals surface area contributed by atoms with Crippen molar-refractivity contribution in [1.82, 2.24) is 0 Å². The van der Waals surface area contributed by atoms with Gasteiger partial charge < -0.3 is 29.2 Å². The van der Waals surface area contributed by atoms with Gasteiger partial charge in [0, 0.05) is 21.9 Å². The predicted octanol–water partition coefficient (Wildman–Crippen LogP) is 5.72. The summed E-state index contributed by atoms with van der Waals surface area (Å²) < 4.78 is 22.0. The van der Waals surface area contributed by atoms with Gasteiger partial charge in [-0.1, -0.05) is 0 Å². The quantitative estimate of drug-likeness (QED) is 0.418. The van der Waals surface area contributed by atoms with Crippen LogP contribution in [0, 0.1) is 13.8 Å². The van der Waals surface area contributed by atoms with E-state index in [1.807, 2.05) is 26.0 Å². The van der Waals surface area contributed by atoms with Crippen LogP contribution in [-0.4, -0.2) is 38.7 Å². The molecule has 32 heavy (non-hydrogen) atoms. The summed E-state index contributed by atoms with van der Waals surface area (Å²) in [6.07, 6.45) is 0. The molecule has 0 amide bonds. The number of aromatic hydroxyl groups is 2. The number of ether oxygens (including phenoxy) is 4. The molecule has 0 aromatic heterocycles. The van der Waals surface area contributed by atoms with Crippen LogP contribution < -0.4 is 18.9 Å². The predicted molar refractivity (Wildman–Crippen MR) is 126 cm³/mol. The van der Waals surface area contributed by atoms with E-state index in [1.54, 1.807) is 52.7 Å². The van der Waals surface area contributed by atoms with E-state index in [0.717, 1.165) is 21.9 Å². The highest BCUT2D eigenvalue weighted by molar-refractivity contribution is 6.08. The SMILES string of the molecule is COc1ccc(OC)c2c(O)c(-c3c(C)cc4c(OC)ccc(OC)c4c3O)c(C)cc12. The first kappa shape index (κ1) is 21.4. The number of hydrogen-bond donors (Lipinski definition) is 2. The van der Waals surface area contributed by atoms with E-state index in [9.17, 15) is 10.2 Å². The van der Waals surface area contributed by atoms with Crippen molar-refractivity contribution in [1.29, 1.82) is 0 Å². The van der Waals surface area contributed by atoms with Crippen LogP contribution in [-0.2, 0) is 0 Å². The van der Waals surface area contributed by atoms with Gasteiger partial charge in [0.1, 0.15) is 34.5 Å². The van der Waals surface area contributed by atoms with E-state index in [2.05, 4.69) is 0 Å². The van der Waals surface area contributed by atoms with Gasteiger partial charge >= 0.3 is 0 Å². The van der Waals surface area contributed by atoms with Gasteiger partial charge in [0.05, 0.1) is 39.2 Å². The Morgan fingerprint density at radius 1 is 0.531 bits per heavy atom. The van der Waals surface area contributed by atoms with E-state index in [1.165, 1.54) is 0 Å². The van der Waals surface area contributed by atoms with Crippen molar-refractivity contribution < 1.29 is 29.2 Å². The molecule has 0 heterocycles. The summed E-state index contributed by atoms with van der Waals surface area (Å²) in [5.74, 6) is 2.28. The van der Waals surface area contributed by atoms with Gasteiger partial charge in [0.15, 0.2) is 0 Å². The lowest BCUT2D eigenvalue weighted by atomic mass is 9.88. The number of aryl methyl sites for hydroxylation is 2. The fraction of sp³-hybridized carbons (Fsp3) is 0.231. The molecule has 0 saturated carbocycles. The topological polar surface area (TPSA) is 77.4 Å². The molecule has 0 aliphatic carbocycles. The second-order valence-corrected chi connectivity index (χ2v) is 7.62. The molecule has 4 aromatic carbocycles. The van der Waals surface area contributed by atoms with Crippen LogP contribution >= 0.6 is 0 Å². The van der Waals surface area contributed by atoms with Crippen molar-refractivity contribution in [3.8, 4) is 45.6 Å². The van der Waals surface area contributed by atoms with Crippen molar-refractivity contribution in [2.75, 3.05) is 28.4 Å². The van der Waals surface area contributed by atoms with Crippen LogP contribution in [0.3, 0.4) is 0 Å². The Balaban J connectivity index is 2.17. The summed E-state index contributed by atoms with van der Waals surface area (Å²) in [5, 5.41) is 25.4. The monoisotopic (exact) mass is 434 g/mol. The summed E-state index contributed by atoms with van der Waals surface area (Å²) in [4.78, 5) is 0. The van der Waals surface area contributed by atoms with Crippen LogP contribution in [0.1, 0.15) is 11.1 Å². The molecule has 6 heteroatoms. The summed E-state index contributed by atoms with van der Waals surface area (Å²) in [5.41, 5.74) is 2.60. The molecule has 0 spiro atoms. The van der Waals surface area contributed by atoms with Gasteiger partial charge in [-0.25, -0.2) is 0 Å². The molecule has 0 fully saturated rings. The van der Waals surface area contributed by atoms with E-state index >= 15 is 0 Å². The molecule has 0 unspecified atom stereocenters. The highest BCUT2D eigenvalue weighted by Gasteiger charge is 2.24. The number of hydrogen-bond acceptors (Lipinski definition) is 6. The zero-order valence-corrected chi connectivity index (χ0v) is 19.0. The molecule has 4 rings (SSSR count). The second kappa shape index (κ2) is 8.04. The first-order chi connectivity index (χ1) is 15.4. The smallest absolute Gasteiger partial charge is 0.135 e. The van der Waals surface area contributed by atoms with Gasteiger partial charge in [-0.3, -0.25) is 0 Å². The maximum Gasteiger partial charge on any atom is 0.135 e. The van der Waals surface area contributed by atoms with Gasteiger partial charge in [-0.15, -0.1) is 0 Å². The lowest BCUT2D eigenvalue weighted by Crippen LogP contribution is -1.97. The molecular formula is C26H26O6. The molecule has 0 radical (unpaired) electrons. The lowest BCUT2D eigenvalue weighted by Gasteiger charge is -2.20. The van der Waals surface area contributed by atoms with E-state index in [0.29, 0.717) is 44.9 Å². The Hall–Kier alpha value is -3.80. The third kappa shape index (κ3) is 3.02. The van der Waals surface area contributed by atoms with Crippen molar-refractivity contribution in [3.63, 3.8) is 0 Å². The van der Waals surface area contributed by atoms with E-state index in [-0.39, 0.29) is 11.5 Å². The molecule has 0 aliphatic heterocycles. The number of fused-ring (bicyclic) bond motifs is 2. The number of phenolic OH excluding ortho intramolecular Hbond substituents is 2. The largest absolute Gasteiger partial charge is 0.506 e. The van der Waals surface area contributed by atoms with Gasteiger partial charge in [0.2, 0.25) is 0 Å². The van der Waals surface area contributed by atoms with Gasteiger partial charge in [-0.05, 0) is 61.4 Å². The number of methoxy groups -OCH3 is 4. The van der Waals surface area contributed by atoms with Crippen LogP contribution in [0.25, 0.3) is 32.7 Å². The zero-order valence-electron chi connectivity index (χ0n) is 19.0. The Morgan fingerprint density at radius 2 is 0.844 bits per heavy atom. The van der Waals surface area contributed by atoms with Gasteiger partial charge in [0.25, 0.3) is 0 Å². The minimum absolute atomic E-state index is 0.00960. The standard InChI is InChI=1S/C26H26O6/c1-13-11-15-17(29-3)7-9-19(31-5)23(15)25(27)21(13)22-14(2)12-16-18(30-4)8-10-20(32-6)24(16)26(22)28/h7-12,27-28H,1-6H3. The summed E-state index contributed by atoms with van der Waals surface area (Å²) in [6.45, 7) is 3.78. The van der Waals surface area contributed by atoms with Crippen molar-refractivity contribution in [2.45, 2.75) is 13.8 Å². The fourth-order valence-corrected chi connectivity index (χ4v) is 4.46. The van der Waals surface area contributed by atoms with E-state index in [4.69, 9.17) is 18.9 Å². The minimum Gasteiger partial charge on any atom is -0.506 e. The summed E-state index contributed by atoms with van der Waals surface area (Å²) in [6, 6.07) is 11.0. The molecule has 0 saturated heterocycles. The first-order valence-electron chi connectivity index (χ1n) is 10.1. The molecule has 0 aliphatic rings.